The summed E-state index contributed by atoms with van der Waals surface area (Å²) in [4.78, 5) is 16.1. The van der Waals surface area contributed by atoms with Gasteiger partial charge in [-0.2, -0.15) is 0 Å². The SMILES string of the molecule is CS(=O)(=O)c1ccc(C(=O)NC2=NCCS2)cc1. The number of nitrogens with zero attached hydrogens (tertiary/aromatic N) is 1. The summed E-state index contributed by atoms with van der Waals surface area (Å²) >= 11 is 1.49. The van der Waals surface area contributed by atoms with Crippen molar-refractivity contribution in [1.82, 2.24) is 5.32 Å². The van der Waals surface area contributed by atoms with Crippen LogP contribution in [-0.4, -0.2) is 38.0 Å². The van der Waals surface area contributed by atoms with Gasteiger partial charge in [-0.25, -0.2) is 8.42 Å². The molecule has 96 valence electrons. The zero-order valence-corrected chi connectivity index (χ0v) is 11.3. The van der Waals surface area contributed by atoms with E-state index in [1.807, 2.05) is 0 Å². The van der Waals surface area contributed by atoms with E-state index in [2.05, 4.69) is 10.3 Å². The van der Waals surface area contributed by atoms with E-state index >= 15 is 0 Å². The number of nitrogens with one attached hydrogen (secondary N) is 1. The number of carbonyl (C=O) groups excluding carboxylic acids is 1. The van der Waals surface area contributed by atoms with Gasteiger partial charge in [-0.1, -0.05) is 11.8 Å². The molecule has 0 atom stereocenters. The van der Waals surface area contributed by atoms with Crippen LogP contribution in [0, 0.1) is 0 Å². The fourth-order valence-corrected chi connectivity index (χ4v) is 2.79. The molecule has 0 saturated heterocycles. The number of benzene rings is 1. The zero-order valence-electron chi connectivity index (χ0n) is 9.71. The van der Waals surface area contributed by atoms with Crippen LogP contribution in [0.15, 0.2) is 34.2 Å². The van der Waals surface area contributed by atoms with Gasteiger partial charge in [-0.05, 0) is 24.3 Å². The summed E-state index contributed by atoms with van der Waals surface area (Å²) < 4.78 is 22.5. The average molecular weight is 284 g/mol. The third kappa shape index (κ3) is 3.11. The molecule has 0 radical (unpaired) electrons. The predicted octanol–water partition coefficient (Wildman–Crippen LogP) is 0.923. The second kappa shape index (κ2) is 5.11. The van der Waals surface area contributed by atoms with Crippen LogP contribution < -0.4 is 5.32 Å². The summed E-state index contributed by atoms with van der Waals surface area (Å²) in [7, 11) is -3.23. The van der Waals surface area contributed by atoms with Crippen molar-refractivity contribution < 1.29 is 13.2 Å². The minimum atomic E-state index is -3.23. The fourth-order valence-electron chi connectivity index (χ4n) is 1.43. The normalized spacial score (nSPS) is 15.3. The highest BCUT2D eigenvalue weighted by atomic mass is 32.2. The number of thioether (sulfide) groups is 1. The lowest BCUT2D eigenvalue weighted by Crippen LogP contribution is -2.27. The molecule has 1 aliphatic heterocycles. The van der Waals surface area contributed by atoms with Crippen LogP contribution in [0.1, 0.15) is 10.4 Å². The number of hydrogen-bond donors (Lipinski definition) is 1. The molecule has 1 aromatic rings. The van der Waals surface area contributed by atoms with Crippen LogP contribution in [0.5, 0.6) is 0 Å². The lowest BCUT2D eigenvalue weighted by molar-refractivity contribution is 0.0978. The molecule has 0 unspecified atom stereocenters. The Morgan fingerprint density at radius 2 is 2.00 bits per heavy atom. The van der Waals surface area contributed by atoms with E-state index in [1.165, 1.54) is 36.0 Å². The van der Waals surface area contributed by atoms with Crippen molar-refractivity contribution in [2.24, 2.45) is 4.99 Å². The van der Waals surface area contributed by atoms with Gasteiger partial charge in [0.2, 0.25) is 0 Å². The van der Waals surface area contributed by atoms with Gasteiger partial charge in [-0.15, -0.1) is 0 Å². The number of aliphatic imine (C=N–C) groups is 1. The minimum Gasteiger partial charge on any atom is -0.301 e. The zero-order chi connectivity index (χ0) is 13.2. The summed E-state index contributed by atoms with van der Waals surface area (Å²) in [5, 5.41) is 3.30. The number of rotatable bonds is 2. The number of carbonyl (C=O) groups is 1. The maximum atomic E-state index is 11.8. The molecule has 18 heavy (non-hydrogen) atoms. The molecule has 0 spiro atoms. The smallest absolute Gasteiger partial charge is 0.257 e. The van der Waals surface area contributed by atoms with Gasteiger partial charge in [-0.3, -0.25) is 9.79 Å². The first-order chi connectivity index (χ1) is 8.47. The van der Waals surface area contributed by atoms with Crippen molar-refractivity contribution in [2.45, 2.75) is 4.90 Å². The third-order valence-corrected chi connectivity index (χ3v) is 4.37. The summed E-state index contributed by atoms with van der Waals surface area (Å²) in [5.41, 5.74) is 0.414. The van der Waals surface area contributed by atoms with E-state index in [9.17, 15) is 13.2 Å². The maximum absolute atomic E-state index is 11.8. The number of sulfone groups is 1. The first kappa shape index (κ1) is 13.1. The Kier molecular flexibility index (Phi) is 3.72. The van der Waals surface area contributed by atoms with Gasteiger partial charge < -0.3 is 5.32 Å². The van der Waals surface area contributed by atoms with Crippen molar-refractivity contribution in [3.8, 4) is 0 Å². The quantitative estimate of drug-likeness (QED) is 0.876. The van der Waals surface area contributed by atoms with Crippen molar-refractivity contribution in [3.63, 3.8) is 0 Å². The van der Waals surface area contributed by atoms with E-state index in [0.29, 0.717) is 17.3 Å². The van der Waals surface area contributed by atoms with Crippen LogP contribution in [0.2, 0.25) is 0 Å². The molecule has 7 heteroatoms. The van der Waals surface area contributed by atoms with Gasteiger partial charge in [0.05, 0.1) is 11.4 Å². The summed E-state index contributed by atoms with van der Waals surface area (Å²) in [6.45, 7) is 0.716. The molecule has 5 nitrogen and oxygen atoms in total. The second-order valence-corrected chi connectivity index (χ2v) is 6.89. The first-order valence-electron chi connectivity index (χ1n) is 5.25. The Bertz CT molecular complexity index is 591. The van der Waals surface area contributed by atoms with Crippen molar-refractivity contribution in [2.75, 3.05) is 18.6 Å². The fraction of sp³-hybridized carbons (Fsp3) is 0.273. The molecule has 1 N–H and O–H groups in total. The molecular weight excluding hydrogens is 272 g/mol. The molecule has 0 aliphatic carbocycles. The van der Waals surface area contributed by atoms with E-state index in [4.69, 9.17) is 0 Å². The monoisotopic (exact) mass is 284 g/mol. The maximum Gasteiger partial charge on any atom is 0.257 e. The average Bonchev–Trinajstić information content (AvgIpc) is 2.81. The highest BCUT2D eigenvalue weighted by molar-refractivity contribution is 8.14. The van der Waals surface area contributed by atoms with Crippen molar-refractivity contribution in [1.29, 1.82) is 0 Å². The highest BCUT2D eigenvalue weighted by Crippen LogP contribution is 2.12. The van der Waals surface area contributed by atoms with Crippen molar-refractivity contribution in [3.05, 3.63) is 29.8 Å². The van der Waals surface area contributed by atoms with Gasteiger partial charge >= 0.3 is 0 Å². The molecule has 1 heterocycles. The Balaban J connectivity index is 2.12. The molecule has 1 amide bonds. The number of amides is 1. The van der Waals surface area contributed by atoms with Gasteiger partial charge in [0.15, 0.2) is 15.0 Å². The van der Waals surface area contributed by atoms with E-state index in [-0.39, 0.29) is 10.8 Å². The van der Waals surface area contributed by atoms with Gasteiger partial charge in [0.1, 0.15) is 0 Å². The highest BCUT2D eigenvalue weighted by Gasteiger charge is 2.13. The molecule has 1 aromatic carbocycles. The predicted molar refractivity (Wildman–Crippen MR) is 71.8 cm³/mol. The lowest BCUT2D eigenvalue weighted by Gasteiger charge is -2.04. The Morgan fingerprint density at radius 1 is 1.33 bits per heavy atom. The van der Waals surface area contributed by atoms with E-state index in [0.717, 1.165) is 12.0 Å². The van der Waals surface area contributed by atoms with Gasteiger partial charge in [0, 0.05) is 17.6 Å². The Labute approximate surface area is 110 Å². The molecule has 1 aliphatic rings. The largest absolute Gasteiger partial charge is 0.301 e. The molecule has 0 saturated carbocycles. The lowest BCUT2D eigenvalue weighted by atomic mass is 10.2. The van der Waals surface area contributed by atoms with Crippen LogP contribution >= 0.6 is 11.8 Å². The van der Waals surface area contributed by atoms with E-state index in [1.54, 1.807) is 0 Å². The van der Waals surface area contributed by atoms with Crippen LogP contribution in [0.4, 0.5) is 0 Å². The molecule has 0 fully saturated rings. The molecule has 0 bridgehead atoms. The minimum absolute atomic E-state index is 0.201. The van der Waals surface area contributed by atoms with E-state index < -0.39 is 9.84 Å². The summed E-state index contributed by atoms with van der Waals surface area (Å²) in [5.74, 6) is 0.603. The molecule has 2 rings (SSSR count). The van der Waals surface area contributed by atoms with Crippen LogP contribution in [-0.2, 0) is 9.84 Å². The van der Waals surface area contributed by atoms with Crippen molar-refractivity contribution >= 4 is 32.7 Å². The Morgan fingerprint density at radius 3 is 2.50 bits per heavy atom. The van der Waals surface area contributed by atoms with Crippen LogP contribution in [0.3, 0.4) is 0 Å². The second-order valence-electron chi connectivity index (χ2n) is 3.79. The van der Waals surface area contributed by atoms with Crippen LogP contribution in [0.25, 0.3) is 0 Å². The number of hydrogen-bond acceptors (Lipinski definition) is 5. The number of amidine groups is 1. The molecular formula is C11H12N2O3S2. The summed E-state index contributed by atoms with van der Waals surface area (Å²) in [6.07, 6.45) is 1.13. The van der Waals surface area contributed by atoms with Gasteiger partial charge in [0.25, 0.3) is 5.91 Å². The molecule has 0 aromatic heterocycles. The topological polar surface area (TPSA) is 75.6 Å². The standard InChI is InChI=1S/C11H12N2O3S2/c1-18(15,16)9-4-2-8(3-5-9)10(14)13-11-12-6-7-17-11/h2-5H,6-7H2,1H3,(H,12,13,14). The Hall–Kier alpha value is -1.34. The third-order valence-electron chi connectivity index (χ3n) is 2.35. The first-order valence-corrected chi connectivity index (χ1v) is 8.13. The summed E-state index contributed by atoms with van der Waals surface area (Å²) in [6, 6.07) is 5.83.